The summed E-state index contributed by atoms with van der Waals surface area (Å²) in [6, 6.07) is 0.944. The lowest BCUT2D eigenvalue weighted by Crippen LogP contribution is -2.45. The molecule has 3 aliphatic rings. The molecule has 3 unspecified atom stereocenters. The number of likely N-dealkylation sites (N-methyl/N-ethyl adjacent to an activating group) is 1. The average molecular weight is 266 g/mol. The van der Waals surface area contributed by atoms with E-state index in [4.69, 9.17) is 0 Å². The Morgan fingerprint density at radius 2 is 2.00 bits per heavy atom. The second kappa shape index (κ2) is 5.41. The van der Waals surface area contributed by atoms with Gasteiger partial charge in [-0.1, -0.05) is 6.42 Å². The summed E-state index contributed by atoms with van der Waals surface area (Å²) >= 11 is 0. The number of hydrogen-bond acceptors (Lipinski definition) is 3. The lowest BCUT2D eigenvalue weighted by atomic mass is 9.94. The van der Waals surface area contributed by atoms with Crippen LogP contribution in [0.25, 0.3) is 0 Å². The minimum absolute atomic E-state index is 0.137. The fraction of sp³-hybridized carbons (Fsp3) is 0.933. The van der Waals surface area contributed by atoms with E-state index in [1.165, 1.54) is 19.3 Å². The minimum Gasteiger partial charge on any atom is -0.393 e. The van der Waals surface area contributed by atoms with Crippen molar-refractivity contribution in [2.75, 3.05) is 20.1 Å². The van der Waals surface area contributed by atoms with Gasteiger partial charge in [-0.25, -0.2) is 0 Å². The Bertz CT molecular complexity index is 343. The summed E-state index contributed by atoms with van der Waals surface area (Å²) in [6.07, 6.45) is 7.77. The average Bonchev–Trinajstić information content (AvgIpc) is 3.01. The van der Waals surface area contributed by atoms with Gasteiger partial charge in [-0.15, -0.1) is 0 Å². The first kappa shape index (κ1) is 13.4. The quantitative estimate of drug-likeness (QED) is 0.832. The predicted molar refractivity (Wildman–Crippen MR) is 73.7 cm³/mol. The normalized spacial score (nSPS) is 35.8. The molecular weight excluding hydrogens is 240 g/mol. The first-order valence-electron chi connectivity index (χ1n) is 7.84. The fourth-order valence-corrected chi connectivity index (χ4v) is 3.90. The molecule has 0 spiro atoms. The topological polar surface area (TPSA) is 43.8 Å². The first-order chi connectivity index (χ1) is 9.16. The molecule has 3 rings (SSSR count). The van der Waals surface area contributed by atoms with E-state index in [2.05, 4.69) is 4.90 Å². The summed E-state index contributed by atoms with van der Waals surface area (Å²) in [6.45, 7) is 1.58. The van der Waals surface area contributed by atoms with Crippen LogP contribution < -0.4 is 0 Å². The van der Waals surface area contributed by atoms with Gasteiger partial charge in [-0.05, 0) is 45.1 Å². The lowest BCUT2D eigenvalue weighted by Gasteiger charge is -2.31. The van der Waals surface area contributed by atoms with Gasteiger partial charge in [0.05, 0.1) is 12.6 Å². The molecule has 1 amide bonds. The Kier molecular flexibility index (Phi) is 3.81. The maximum absolute atomic E-state index is 12.2. The van der Waals surface area contributed by atoms with Crippen LogP contribution in [0.4, 0.5) is 0 Å². The zero-order valence-corrected chi connectivity index (χ0v) is 11.9. The van der Waals surface area contributed by atoms with Crippen molar-refractivity contribution >= 4 is 5.91 Å². The number of aliphatic hydroxyl groups is 1. The number of carbonyl (C=O) groups is 1. The first-order valence-corrected chi connectivity index (χ1v) is 7.84. The highest BCUT2D eigenvalue weighted by Gasteiger charge is 2.39. The van der Waals surface area contributed by atoms with Crippen LogP contribution in [0.3, 0.4) is 0 Å². The summed E-state index contributed by atoms with van der Waals surface area (Å²) < 4.78 is 0. The van der Waals surface area contributed by atoms with Gasteiger partial charge in [-0.2, -0.15) is 0 Å². The summed E-state index contributed by atoms with van der Waals surface area (Å²) in [5, 5.41) is 10.1. The van der Waals surface area contributed by atoms with Crippen molar-refractivity contribution in [1.29, 1.82) is 0 Å². The molecule has 3 fully saturated rings. The Morgan fingerprint density at radius 1 is 1.21 bits per heavy atom. The van der Waals surface area contributed by atoms with E-state index in [0.29, 0.717) is 24.5 Å². The van der Waals surface area contributed by atoms with E-state index in [1.807, 2.05) is 11.9 Å². The summed E-state index contributed by atoms with van der Waals surface area (Å²) in [5.41, 5.74) is 0. The third kappa shape index (κ3) is 2.79. The fourth-order valence-electron chi connectivity index (χ4n) is 3.90. The van der Waals surface area contributed by atoms with Crippen LogP contribution in [0.15, 0.2) is 0 Å². The molecule has 2 aliphatic carbocycles. The second-order valence-electron chi connectivity index (χ2n) is 6.58. The van der Waals surface area contributed by atoms with Crippen LogP contribution in [-0.2, 0) is 4.79 Å². The van der Waals surface area contributed by atoms with E-state index in [1.54, 1.807) is 0 Å². The van der Waals surface area contributed by atoms with Crippen molar-refractivity contribution in [2.24, 2.45) is 5.92 Å². The van der Waals surface area contributed by atoms with Crippen molar-refractivity contribution in [2.45, 2.75) is 63.1 Å². The Balaban J connectivity index is 1.58. The third-order valence-corrected chi connectivity index (χ3v) is 5.27. The van der Waals surface area contributed by atoms with Crippen LogP contribution in [-0.4, -0.2) is 59.1 Å². The summed E-state index contributed by atoms with van der Waals surface area (Å²) in [5.74, 6) is 0.670. The molecule has 3 atom stereocenters. The largest absolute Gasteiger partial charge is 0.393 e. The van der Waals surface area contributed by atoms with E-state index in [0.717, 1.165) is 32.2 Å². The molecule has 2 saturated carbocycles. The van der Waals surface area contributed by atoms with Crippen molar-refractivity contribution in [3.63, 3.8) is 0 Å². The number of nitrogens with zero attached hydrogens (tertiary/aromatic N) is 2. The lowest BCUT2D eigenvalue weighted by molar-refractivity contribution is -0.132. The number of rotatable bonds is 4. The number of carbonyl (C=O) groups excluding carboxylic acids is 1. The van der Waals surface area contributed by atoms with E-state index in [-0.39, 0.29) is 12.0 Å². The van der Waals surface area contributed by atoms with E-state index < -0.39 is 0 Å². The van der Waals surface area contributed by atoms with Gasteiger partial charge in [0, 0.05) is 25.0 Å². The molecule has 0 radical (unpaired) electrons. The van der Waals surface area contributed by atoms with Crippen LogP contribution >= 0.6 is 0 Å². The van der Waals surface area contributed by atoms with Crippen molar-refractivity contribution in [1.82, 2.24) is 9.80 Å². The number of likely N-dealkylation sites (tertiary alicyclic amines) is 1. The number of aliphatic hydroxyl groups excluding tert-OH is 1. The van der Waals surface area contributed by atoms with Gasteiger partial charge < -0.3 is 10.0 Å². The molecule has 0 aromatic rings. The summed E-state index contributed by atoms with van der Waals surface area (Å²) in [7, 11) is 1.94. The molecule has 1 heterocycles. The van der Waals surface area contributed by atoms with Gasteiger partial charge in [0.25, 0.3) is 0 Å². The summed E-state index contributed by atoms with van der Waals surface area (Å²) in [4.78, 5) is 16.5. The van der Waals surface area contributed by atoms with Crippen LogP contribution in [0.1, 0.15) is 44.9 Å². The van der Waals surface area contributed by atoms with Crippen LogP contribution in [0.5, 0.6) is 0 Å². The highest BCUT2D eigenvalue weighted by Crippen LogP contribution is 2.35. The number of hydrogen-bond donors (Lipinski definition) is 1. The van der Waals surface area contributed by atoms with Gasteiger partial charge in [0.2, 0.25) is 5.91 Å². The maximum atomic E-state index is 12.2. The second-order valence-corrected chi connectivity index (χ2v) is 6.58. The molecule has 108 valence electrons. The van der Waals surface area contributed by atoms with Gasteiger partial charge in [-0.3, -0.25) is 9.69 Å². The Labute approximate surface area is 115 Å². The zero-order valence-electron chi connectivity index (χ0n) is 11.9. The SMILES string of the molecule is CN(C(=O)CN1CCCC1C1CCCC1O)C1CC1. The monoisotopic (exact) mass is 266 g/mol. The molecule has 0 bridgehead atoms. The highest BCUT2D eigenvalue weighted by molar-refractivity contribution is 5.78. The zero-order chi connectivity index (χ0) is 13.4. The smallest absolute Gasteiger partial charge is 0.236 e. The molecule has 1 saturated heterocycles. The molecular formula is C15H26N2O2. The molecule has 4 nitrogen and oxygen atoms in total. The van der Waals surface area contributed by atoms with Crippen molar-refractivity contribution < 1.29 is 9.90 Å². The highest BCUT2D eigenvalue weighted by atomic mass is 16.3. The molecule has 1 aliphatic heterocycles. The van der Waals surface area contributed by atoms with Crippen molar-refractivity contribution in [3.8, 4) is 0 Å². The van der Waals surface area contributed by atoms with Crippen LogP contribution in [0, 0.1) is 5.92 Å². The van der Waals surface area contributed by atoms with Gasteiger partial charge >= 0.3 is 0 Å². The minimum atomic E-state index is -0.137. The van der Waals surface area contributed by atoms with E-state index >= 15 is 0 Å². The molecule has 0 aromatic carbocycles. The molecule has 1 N–H and O–H groups in total. The standard InChI is InChI=1S/C15H26N2O2/c1-16(11-7-8-11)15(19)10-17-9-3-5-13(17)12-4-2-6-14(12)18/h11-14,18H,2-10H2,1H3. The van der Waals surface area contributed by atoms with E-state index in [9.17, 15) is 9.90 Å². The maximum Gasteiger partial charge on any atom is 0.236 e. The molecule has 19 heavy (non-hydrogen) atoms. The van der Waals surface area contributed by atoms with Crippen molar-refractivity contribution in [3.05, 3.63) is 0 Å². The number of amides is 1. The Hall–Kier alpha value is -0.610. The Morgan fingerprint density at radius 3 is 2.63 bits per heavy atom. The van der Waals surface area contributed by atoms with Gasteiger partial charge in [0.1, 0.15) is 0 Å². The predicted octanol–water partition coefficient (Wildman–Crippen LogP) is 1.23. The van der Waals surface area contributed by atoms with Gasteiger partial charge in [0.15, 0.2) is 0 Å². The third-order valence-electron chi connectivity index (χ3n) is 5.27. The molecule has 4 heteroatoms. The molecule has 0 aromatic heterocycles. The van der Waals surface area contributed by atoms with Crippen LogP contribution in [0.2, 0.25) is 0 Å².